The number of benzene rings is 2. The minimum atomic E-state index is -4.74. The van der Waals surface area contributed by atoms with E-state index in [1.807, 2.05) is 0 Å². The maximum absolute atomic E-state index is 13.7. The lowest BCUT2D eigenvalue weighted by molar-refractivity contribution is 0.0337. The van der Waals surface area contributed by atoms with Gasteiger partial charge in [0.05, 0.1) is 17.6 Å². The number of sulfone groups is 1. The molecule has 9 heteroatoms. The Kier molecular flexibility index (Phi) is 5.91. The zero-order valence-corrected chi connectivity index (χ0v) is 14.6. The van der Waals surface area contributed by atoms with Crippen LogP contribution in [0.1, 0.15) is 28.9 Å². The van der Waals surface area contributed by atoms with Crippen molar-refractivity contribution in [3.05, 3.63) is 59.4 Å². The lowest BCUT2D eigenvalue weighted by Crippen LogP contribution is -2.12. The number of halogens is 3. The van der Waals surface area contributed by atoms with Crippen LogP contribution in [0, 0.1) is 5.82 Å². The molecule has 0 heterocycles. The van der Waals surface area contributed by atoms with Gasteiger partial charge in [0.25, 0.3) is 0 Å². The maximum atomic E-state index is 13.7. The Morgan fingerprint density at radius 3 is 2.19 bits per heavy atom. The molecule has 1 atom stereocenters. The SMILES string of the molecule is COc1ccc(C(C)OC(=O)c2ccc(S(=O)(=O)C(F)F)cc2)cc1F. The number of ether oxygens (including phenoxy) is 2. The third kappa shape index (κ3) is 4.16. The summed E-state index contributed by atoms with van der Waals surface area (Å²) in [6.07, 6.45) is -0.799. The number of methoxy groups -OCH3 is 1. The van der Waals surface area contributed by atoms with Crippen LogP contribution < -0.4 is 4.74 Å². The third-order valence-corrected chi connectivity index (χ3v) is 4.98. The van der Waals surface area contributed by atoms with Crippen LogP contribution in [-0.4, -0.2) is 27.3 Å². The van der Waals surface area contributed by atoms with Gasteiger partial charge in [0.15, 0.2) is 11.6 Å². The molecule has 5 nitrogen and oxygen atoms in total. The Morgan fingerprint density at radius 1 is 1.08 bits per heavy atom. The van der Waals surface area contributed by atoms with E-state index in [0.717, 1.165) is 30.3 Å². The summed E-state index contributed by atoms with van der Waals surface area (Å²) in [6, 6.07) is 8.01. The molecule has 0 fully saturated rings. The number of rotatable bonds is 6. The molecular formula is C17H15F3O5S. The van der Waals surface area contributed by atoms with Crippen molar-refractivity contribution >= 4 is 15.8 Å². The highest BCUT2D eigenvalue weighted by molar-refractivity contribution is 7.91. The monoisotopic (exact) mass is 388 g/mol. The van der Waals surface area contributed by atoms with E-state index in [1.165, 1.54) is 26.2 Å². The summed E-state index contributed by atoms with van der Waals surface area (Å²) in [4.78, 5) is 11.5. The van der Waals surface area contributed by atoms with Crippen LogP contribution in [0.4, 0.5) is 13.2 Å². The van der Waals surface area contributed by atoms with Gasteiger partial charge in [-0.1, -0.05) is 6.07 Å². The van der Waals surface area contributed by atoms with Gasteiger partial charge in [0.2, 0.25) is 9.84 Å². The van der Waals surface area contributed by atoms with Gasteiger partial charge in [0.1, 0.15) is 6.10 Å². The van der Waals surface area contributed by atoms with Gasteiger partial charge in [-0.15, -0.1) is 0 Å². The van der Waals surface area contributed by atoms with Crippen molar-refractivity contribution in [3.63, 3.8) is 0 Å². The van der Waals surface area contributed by atoms with E-state index >= 15 is 0 Å². The molecule has 0 spiro atoms. The van der Waals surface area contributed by atoms with Crippen LogP contribution in [0.25, 0.3) is 0 Å². The standard InChI is InChI=1S/C17H15F3O5S/c1-10(12-5-8-15(24-2)14(18)9-12)25-16(21)11-3-6-13(7-4-11)26(22,23)17(19)20/h3-10,17H,1-2H3. The first-order valence-corrected chi connectivity index (χ1v) is 8.88. The second-order valence-corrected chi connectivity index (χ2v) is 7.19. The van der Waals surface area contributed by atoms with Crippen molar-refractivity contribution in [1.82, 2.24) is 0 Å². The zero-order chi connectivity index (χ0) is 19.5. The molecule has 0 amide bonds. The molecule has 1 unspecified atom stereocenters. The molecule has 0 bridgehead atoms. The van der Waals surface area contributed by atoms with Crippen molar-refractivity contribution in [2.24, 2.45) is 0 Å². The summed E-state index contributed by atoms with van der Waals surface area (Å²) in [6.45, 7) is 1.52. The largest absolute Gasteiger partial charge is 0.494 e. The molecule has 0 saturated heterocycles. The summed E-state index contributed by atoms with van der Waals surface area (Å²) >= 11 is 0. The number of hydrogen-bond donors (Lipinski definition) is 0. The minimum Gasteiger partial charge on any atom is -0.494 e. The van der Waals surface area contributed by atoms with Crippen molar-refractivity contribution in [1.29, 1.82) is 0 Å². The summed E-state index contributed by atoms with van der Waals surface area (Å²) in [7, 11) is -3.42. The fourth-order valence-corrected chi connectivity index (χ4v) is 2.84. The lowest BCUT2D eigenvalue weighted by Gasteiger charge is -2.14. The molecule has 2 rings (SSSR count). The lowest BCUT2D eigenvalue weighted by atomic mass is 10.1. The average Bonchev–Trinajstić information content (AvgIpc) is 2.61. The Hall–Kier alpha value is -2.55. The summed E-state index contributed by atoms with van der Waals surface area (Å²) in [5.74, 6) is -4.93. The molecule has 0 aliphatic rings. The first-order valence-electron chi connectivity index (χ1n) is 7.33. The average molecular weight is 388 g/mol. The third-order valence-electron chi connectivity index (χ3n) is 3.58. The molecular weight excluding hydrogens is 373 g/mol. The molecule has 0 radical (unpaired) electrons. The van der Waals surface area contributed by atoms with Crippen molar-refractivity contribution in [2.45, 2.75) is 23.7 Å². The molecule has 2 aromatic carbocycles. The summed E-state index contributed by atoms with van der Waals surface area (Å²) in [5.41, 5.74) is 0.354. The van der Waals surface area contributed by atoms with Crippen molar-refractivity contribution < 1.29 is 35.9 Å². The van der Waals surface area contributed by atoms with Crippen LogP contribution >= 0.6 is 0 Å². The number of alkyl halides is 2. The van der Waals surface area contributed by atoms with Gasteiger partial charge in [-0.2, -0.15) is 8.78 Å². The summed E-state index contributed by atoms with van der Waals surface area (Å²) < 4.78 is 71.4. The van der Waals surface area contributed by atoms with Gasteiger partial charge in [-0.3, -0.25) is 0 Å². The zero-order valence-electron chi connectivity index (χ0n) is 13.8. The first-order chi connectivity index (χ1) is 12.2. The molecule has 0 aliphatic carbocycles. The van der Waals surface area contributed by atoms with Gasteiger partial charge in [-0.05, 0) is 48.9 Å². The number of carbonyl (C=O) groups is 1. The minimum absolute atomic E-state index is 0.0287. The summed E-state index contributed by atoms with van der Waals surface area (Å²) in [5, 5.41) is 0. The molecule has 0 aromatic heterocycles. The smallest absolute Gasteiger partial charge is 0.341 e. The second-order valence-electron chi connectivity index (χ2n) is 5.27. The predicted octanol–water partition coefficient (Wildman–Crippen LogP) is 3.75. The molecule has 0 aliphatic heterocycles. The number of carbonyl (C=O) groups excluding carboxylic acids is 1. The van der Waals surface area contributed by atoms with Crippen molar-refractivity contribution in [3.8, 4) is 5.75 Å². The van der Waals surface area contributed by atoms with Crippen LogP contribution in [0.3, 0.4) is 0 Å². The van der Waals surface area contributed by atoms with Gasteiger partial charge in [-0.25, -0.2) is 17.6 Å². The molecule has 2 aromatic rings. The Labute approximate surface area is 148 Å². The van der Waals surface area contributed by atoms with E-state index in [9.17, 15) is 26.4 Å². The number of hydrogen-bond acceptors (Lipinski definition) is 5. The predicted molar refractivity (Wildman–Crippen MR) is 86.4 cm³/mol. The van der Waals surface area contributed by atoms with E-state index in [4.69, 9.17) is 9.47 Å². The molecule has 140 valence electrons. The van der Waals surface area contributed by atoms with Crippen LogP contribution in [0.5, 0.6) is 5.75 Å². The topological polar surface area (TPSA) is 69.7 Å². The van der Waals surface area contributed by atoms with Crippen molar-refractivity contribution in [2.75, 3.05) is 7.11 Å². The first kappa shape index (κ1) is 19.8. The molecule has 0 N–H and O–H groups in total. The number of esters is 1. The fraction of sp³-hybridized carbons (Fsp3) is 0.235. The fourth-order valence-electron chi connectivity index (χ4n) is 2.12. The van der Waals surface area contributed by atoms with E-state index in [1.54, 1.807) is 0 Å². The van der Waals surface area contributed by atoms with Gasteiger partial charge >= 0.3 is 11.7 Å². The Bertz CT molecular complexity index is 895. The van der Waals surface area contributed by atoms with Crippen LogP contribution in [-0.2, 0) is 14.6 Å². The van der Waals surface area contributed by atoms with E-state index in [-0.39, 0.29) is 11.3 Å². The highest BCUT2D eigenvalue weighted by Gasteiger charge is 2.26. The maximum Gasteiger partial charge on any atom is 0.341 e. The van der Waals surface area contributed by atoms with Crippen LogP contribution in [0.15, 0.2) is 47.4 Å². The molecule has 0 saturated carbocycles. The quantitative estimate of drug-likeness (QED) is 0.705. The molecule has 26 heavy (non-hydrogen) atoms. The van der Waals surface area contributed by atoms with Crippen LogP contribution in [0.2, 0.25) is 0 Å². The van der Waals surface area contributed by atoms with E-state index in [0.29, 0.717) is 5.56 Å². The highest BCUT2D eigenvalue weighted by Crippen LogP contribution is 2.25. The normalized spacial score (nSPS) is 12.7. The van der Waals surface area contributed by atoms with Gasteiger partial charge < -0.3 is 9.47 Å². The Balaban J connectivity index is 2.13. The van der Waals surface area contributed by atoms with Gasteiger partial charge in [0, 0.05) is 0 Å². The van der Waals surface area contributed by atoms with E-state index < -0.39 is 38.4 Å². The highest BCUT2D eigenvalue weighted by atomic mass is 32.2. The second kappa shape index (κ2) is 7.77. The Morgan fingerprint density at radius 2 is 1.69 bits per heavy atom. The van der Waals surface area contributed by atoms with E-state index in [2.05, 4.69) is 0 Å².